The highest BCUT2D eigenvalue weighted by Gasteiger charge is 2.17. The van der Waals surface area contributed by atoms with Crippen LogP contribution in [0.25, 0.3) is 5.69 Å². The molecule has 0 saturated heterocycles. The van der Waals surface area contributed by atoms with Gasteiger partial charge >= 0.3 is 0 Å². The second kappa shape index (κ2) is 5.77. The van der Waals surface area contributed by atoms with E-state index in [-0.39, 0.29) is 5.78 Å². The molecule has 1 heterocycles. The van der Waals surface area contributed by atoms with Crippen molar-refractivity contribution in [1.82, 2.24) is 9.78 Å². The summed E-state index contributed by atoms with van der Waals surface area (Å²) in [5.74, 6) is 0.208. The summed E-state index contributed by atoms with van der Waals surface area (Å²) in [5.41, 5.74) is 9.08. The number of nitrogen functional groups attached to an aromatic ring is 1. The molecule has 110 valence electrons. The first-order chi connectivity index (χ1) is 10.6. The molecule has 0 spiro atoms. The second-order valence-electron chi connectivity index (χ2n) is 5.03. The van der Waals surface area contributed by atoms with Gasteiger partial charge in [0.15, 0.2) is 5.78 Å². The molecule has 2 N–H and O–H groups in total. The van der Waals surface area contributed by atoms with Crippen LogP contribution in [0.5, 0.6) is 0 Å². The van der Waals surface area contributed by atoms with E-state index in [2.05, 4.69) is 21.0 Å². The van der Waals surface area contributed by atoms with Crippen molar-refractivity contribution in [2.75, 3.05) is 5.73 Å². The molecule has 0 atom stereocenters. The molecule has 2 aromatic carbocycles. The van der Waals surface area contributed by atoms with Gasteiger partial charge in [0.25, 0.3) is 0 Å². The summed E-state index contributed by atoms with van der Waals surface area (Å²) in [5, 5.41) is 4.24. The maximum absolute atomic E-state index is 12.5. The summed E-state index contributed by atoms with van der Waals surface area (Å²) < 4.78 is 2.50. The molecule has 0 saturated carbocycles. The van der Waals surface area contributed by atoms with E-state index in [9.17, 15) is 4.79 Å². The maximum atomic E-state index is 12.5. The molecular formula is C17H14BrN3O. The largest absolute Gasteiger partial charge is 0.383 e. The molecule has 0 unspecified atom stereocenters. The number of benzene rings is 2. The van der Waals surface area contributed by atoms with E-state index in [1.54, 1.807) is 16.8 Å². The first-order valence-corrected chi connectivity index (χ1v) is 7.56. The van der Waals surface area contributed by atoms with E-state index in [0.29, 0.717) is 16.9 Å². The smallest absolute Gasteiger partial charge is 0.198 e. The van der Waals surface area contributed by atoms with E-state index in [4.69, 9.17) is 5.73 Å². The van der Waals surface area contributed by atoms with Gasteiger partial charge < -0.3 is 5.73 Å². The summed E-state index contributed by atoms with van der Waals surface area (Å²) in [6.45, 7) is 2.01. The third-order valence-corrected chi connectivity index (χ3v) is 3.96. The van der Waals surface area contributed by atoms with Crippen molar-refractivity contribution >= 4 is 27.5 Å². The minimum Gasteiger partial charge on any atom is -0.383 e. The van der Waals surface area contributed by atoms with Crippen LogP contribution in [0.4, 0.5) is 5.82 Å². The number of rotatable bonds is 3. The van der Waals surface area contributed by atoms with Crippen LogP contribution in [0.1, 0.15) is 21.5 Å². The van der Waals surface area contributed by atoms with Gasteiger partial charge in [-0.3, -0.25) is 4.79 Å². The Kier molecular flexibility index (Phi) is 3.81. The molecule has 4 nitrogen and oxygen atoms in total. The molecule has 3 rings (SSSR count). The molecular weight excluding hydrogens is 342 g/mol. The number of ketones is 1. The number of hydrogen-bond donors (Lipinski definition) is 1. The highest BCUT2D eigenvalue weighted by Crippen LogP contribution is 2.21. The van der Waals surface area contributed by atoms with Crippen LogP contribution in [-0.2, 0) is 0 Å². The number of nitrogens with zero attached hydrogens (tertiary/aromatic N) is 2. The van der Waals surface area contributed by atoms with Crippen LogP contribution in [-0.4, -0.2) is 15.6 Å². The lowest BCUT2D eigenvalue weighted by atomic mass is 10.1. The lowest BCUT2D eigenvalue weighted by Gasteiger charge is -2.05. The molecule has 0 aliphatic heterocycles. The fourth-order valence-electron chi connectivity index (χ4n) is 2.18. The van der Waals surface area contributed by atoms with Crippen molar-refractivity contribution in [3.05, 3.63) is 75.9 Å². The van der Waals surface area contributed by atoms with E-state index in [1.165, 1.54) is 6.20 Å². The lowest BCUT2D eigenvalue weighted by molar-refractivity contribution is 0.103. The molecule has 3 aromatic rings. The van der Waals surface area contributed by atoms with Crippen LogP contribution >= 0.6 is 15.9 Å². The van der Waals surface area contributed by atoms with Crippen molar-refractivity contribution in [3.63, 3.8) is 0 Å². The molecule has 0 aliphatic carbocycles. The lowest BCUT2D eigenvalue weighted by Crippen LogP contribution is -2.07. The van der Waals surface area contributed by atoms with E-state index in [0.717, 1.165) is 15.7 Å². The monoisotopic (exact) mass is 355 g/mol. The predicted molar refractivity (Wildman–Crippen MR) is 90.3 cm³/mol. The highest BCUT2D eigenvalue weighted by atomic mass is 79.9. The number of aromatic nitrogens is 2. The van der Waals surface area contributed by atoms with Crippen molar-refractivity contribution < 1.29 is 4.79 Å². The third kappa shape index (κ3) is 2.67. The minimum atomic E-state index is -0.136. The normalized spacial score (nSPS) is 10.6. The topological polar surface area (TPSA) is 60.9 Å². The number of nitrogens with two attached hydrogens (primary N) is 1. The Labute approximate surface area is 136 Å². The standard InChI is InChI=1S/C17H14BrN3O/c1-11-2-8-14(9-3-11)21-17(19)15(10-20-21)16(22)12-4-6-13(18)7-5-12/h2-10H,19H2,1H3. The number of aryl methyl sites for hydroxylation is 1. The molecule has 5 heteroatoms. The number of anilines is 1. The second-order valence-corrected chi connectivity index (χ2v) is 5.94. The number of carbonyl (C=O) groups excluding carboxylic acids is 1. The summed E-state index contributed by atoms with van der Waals surface area (Å²) in [7, 11) is 0. The average molecular weight is 356 g/mol. The Hall–Kier alpha value is -2.40. The van der Waals surface area contributed by atoms with Crippen LogP contribution in [0.2, 0.25) is 0 Å². The Morgan fingerprint density at radius 1 is 1.09 bits per heavy atom. The Balaban J connectivity index is 1.98. The maximum Gasteiger partial charge on any atom is 0.198 e. The van der Waals surface area contributed by atoms with Gasteiger partial charge in [0, 0.05) is 10.0 Å². The Morgan fingerprint density at radius 2 is 1.73 bits per heavy atom. The highest BCUT2D eigenvalue weighted by molar-refractivity contribution is 9.10. The minimum absolute atomic E-state index is 0.136. The Bertz CT molecular complexity index is 820. The van der Waals surface area contributed by atoms with Crippen LogP contribution in [0, 0.1) is 6.92 Å². The van der Waals surface area contributed by atoms with Crippen LogP contribution in [0.15, 0.2) is 59.2 Å². The molecule has 0 aliphatic rings. The fraction of sp³-hybridized carbons (Fsp3) is 0.0588. The molecule has 0 amide bonds. The number of hydrogen-bond acceptors (Lipinski definition) is 3. The van der Waals surface area contributed by atoms with Gasteiger partial charge in [-0.1, -0.05) is 33.6 Å². The molecule has 1 aromatic heterocycles. The van der Waals surface area contributed by atoms with Crippen LogP contribution < -0.4 is 5.73 Å². The summed E-state index contributed by atoms with van der Waals surface area (Å²) >= 11 is 3.35. The summed E-state index contributed by atoms with van der Waals surface area (Å²) in [6, 6.07) is 15.0. The van der Waals surface area contributed by atoms with Gasteiger partial charge in [-0.25, -0.2) is 4.68 Å². The van der Waals surface area contributed by atoms with E-state index in [1.807, 2.05) is 43.3 Å². The first kappa shape index (κ1) is 14.5. The Morgan fingerprint density at radius 3 is 2.36 bits per heavy atom. The van der Waals surface area contributed by atoms with Crippen molar-refractivity contribution in [1.29, 1.82) is 0 Å². The van der Waals surface area contributed by atoms with Crippen molar-refractivity contribution in [2.45, 2.75) is 6.92 Å². The SMILES string of the molecule is Cc1ccc(-n2ncc(C(=O)c3ccc(Br)cc3)c2N)cc1. The average Bonchev–Trinajstić information content (AvgIpc) is 2.90. The van der Waals surface area contributed by atoms with Gasteiger partial charge in [0.1, 0.15) is 5.82 Å². The fourth-order valence-corrected chi connectivity index (χ4v) is 2.45. The van der Waals surface area contributed by atoms with Crippen molar-refractivity contribution in [2.24, 2.45) is 0 Å². The zero-order valence-electron chi connectivity index (χ0n) is 12.0. The van der Waals surface area contributed by atoms with Crippen LogP contribution in [0.3, 0.4) is 0 Å². The van der Waals surface area contributed by atoms with Gasteiger partial charge in [-0.2, -0.15) is 5.10 Å². The zero-order valence-corrected chi connectivity index (χ0v) is 13.5. The number of carbonyl (C=O) groups is 1. The predicted octanol–water partition coefficient (Wildman–Crippen LogP) is 3.76. The third-order valence-electron chi connectivity index (χ3n) is 3.44. The quantitative estimate of drug-likeness (QED) is 0.727. The molecule has 22 heavy (non-hydrogen) atoms. The van der Waals surface area contributed by atoms with E-state index >= 15 is 0 Å². The zero-order chi connectivity index (χ0) is 15.7. The number of halogens is 1. The summed E-state index contributed by atoms with van der Waals surface area (Å²) in [6.07, 6.45) is 1.51. The van der Waals surface area contributed by atoms with Gasteiger partial charge in [0.05, 0.1) is 17.4 Å². The summed E-state index contributed by atoms with van der Waals surface area (Å²) in [4.78, 5) is 12.5. The molecule has 0 radical (unpaired) electrons. The van der Waals surface area contributed by atoms with Crippen molar-refractivity contribution in [3.8, 4) is 5.69 Å². The van der Waals surface area contributed by atoms with E-state index < -0.39 is 0 Å². The molecule has 0 fully saturated rings. The first-order valence-electron chi connectivity index (χ1n) is 6.77. The van der Waals surface area contributed by atoms with Gasteiger partial charge in [-0.15, -0.1) is 0 Å². The van der Waals surface area contributed by atoms with Gasteiger partial charge in [-0.05, 0) is 43.3 Å². The molecule has 0 bridgehead atoms. The van der Waals surface area contributed by atoms with Gasteiger partial charge in [0.2, 0.25) is 0 Å².